The summed E-state index contributed by atoms with van der Waals surface area (Å²) in [7, 11) is 2.69. The van der Waals surface area contributed by atoms with E-state index in [-0.39, 0.29) is 17.2 Å². The predicted molar refractivity (Wildman–Crippen MR) is 90.6 cm³/mol. The molecule has 0 bridgehead atoms. The molecule has 0 spiro atoms. The van der Waals surface area contributed by atoms with E-state index in [1.165, 1.54) is 32.4 Å². The average Bonchev–Trinajstić information content (AvgIpc) is 2.66. The van der Waals surface area contributed by atoms with Crippen LogP contribution in [0.2, 0.25) is 0 Å². The molecule has 1 fully saturated rings. The largest absolute Gasteiger partial charge is 0.493 e. The normalized spacial score (nSPS) is 28.1. The molecule has 0 saturated carbocycles. The molecule has 5 N–H and O–H groups in total. The number of aliphatic hydroxyl groups excluding tert-OH is 4. The van der Waals surface area contributed by atoms with Gasteiger partial charge in [0.2, 0.25) is 12.0 Å². The van der Waals surface area contributed by atoms with Gasteiger partial charge in [-0.15, -0.1) is 0 Å². The molecule has 1 saturated heterocycles. The van der Waals surface area contributed by atoms with Crippen molar-refractivity contribution >= 4 is 12.0 Å². The Morgan fingerprint density at radius 3 is 2.19 bits per heavy atom. The highest BCUT2D eigenvalue weighted by Crippen LogP contribution is 2.40. The summed E-state index contributed by atoms with van der Waals surface area (Å²) in [6.45, 7) is -0.599. The van der Waals surface area contributed by atoms with Gasteiger partial charge in [0.25, 0.3) is 0 Å². The number of carboxylic acids is 1. The lowest BCUT2D eigenvalue weighted by Crippen LogP contribution is -2.60. The highest BCUT2D eigenvalue weighted by Gasteiger charge is 2.45. The van der Waals surface area contributed by atoms with Crippen LogP contribution in [0.4, 0.5) is 0 Å². The minimum atomic E-state index is -1.61. The van der Waals surface area contributed by atoms with Gasteiger partial charge in [0.15, 0.2) is 11.5 Å². The smallest absolute Gasteiger partial charge is 0.328 e. The molecular formula is C17H22O10. The quantitative estimate of drug-likeness (QED) is 0.368. The first kappa shape index (κ1) is 20.9. The molecule has 27 heavy (non-hydrogen) atoms. The first-order chi connectivity index (χ1) is 12.8. The Balaban J connectivity index is 2.35. The third-order valence-electron chi connectivity index (χ3n) is 3.98. The van der Waals surface area contributed by atoms with Gasteiger partial charge in [0, 0.05) is 6.08 Å². The Kier molecular flexibility index (Phi) is 6.99. The molecule has 0 unspecified atom stereocenters. The number of methoxy groups -OCH3 is 2. The lowest BCUT2D eigenvalue weighted by Gasteiger charge is -2.39. The highest BCUT2D eigenvalue weighted by molar-refractivity contribution is 5.85. The third-order valence-corrected chi connectivity index (χ3v) is 3.98. The first-order valence-corrected chi connectivity index (χ1v) is 7.96. The zero-order chi connectivity index (χ0) is 20.1. The van der Waals surface area contributed by atoms with E-state index in [2.05, 4.69) is 0 Å². The van der Waals surface area contributed by atoms with Gasteiger partial charge in [-0.2, -0.15) is 0 Å². The second-order valence-corrected chi connectivity index (χ2v) is 5.74. The molecule has 1 heterocycles. The third kappa shape index (κ3) is 4.67. The van der Waals surface area contributed by atoms with Crippen LogP contribution in [0.3, 0.4) is 0 Å². The van der Waals surface area contributed by atoms with Gasteiger partial charge in [0.1, 0.15) is 24.4 Å². The van der Waals surface area contributed by atoms with Crippen LogP contribution in [0.1, 0.15) is 5.56 Å². The topological polar surface area (TPSA) is 155 Å². The summed E-state index contributed by atoms with van der Waals surface area (Å²) < 4.78 is 21.4. The molecule has 2 rings (SSSR count). The van der Waals surface area contributed by atoms with E-state index in [1.807, 2.05) is 0 Å². The molecule has 5 atom stereocenters. The fourth-order valence-corrected chi connectivity index (χ4v) is 2.56. The van der Waals surface area contributed by atoms with Gasteiger partial charge >= 0.3 is 5.97 Å². The molecule has 1 aliphatic rings. The van der Waals surface area contributed by atoms with Crippen molar-refractivity contribution in [1.82, 2.24) is 0 Å². The summed E-state index contributed by atoms with van der Waals surface area (Å²) in [6.07, 6.45) is -5.03. The van der Waals surface area contributed by atoms with E-state index < -0.39 is 43.3 Å². The molecule has 0 amide bonds. The molecular weight excluding hydrogens is 364 g/mol. The number of rotatable bonds is 7. The van der Waals surface area contributed by atoms with Crippen LogP contribution in [-0.4, -0.2) is 83.0 Å². The molecule has 1 aliphatic heterocycles. The fraction of sp³-hybridized carbons (Fsp3) is 0.471. The van der Waals surface area contributed by atoms with Crippen LogP contribution in [0.5, 0.6) is 17.2 Å². The molecule has 0 aromatic heterocycles. The SMILES string of the molecule is COc1cc(/C=C/C(=O)O)cc(OC)c1O[C@@H]1O[C@H](CO)[C@@H](O)[C@H](O)[C@H]1O. The van der Waals surface area contributed by atoms with E-state index in [1.54, 1.807) is 0 Å². The Labute approximate surface area is 154 Å². The fourth-order valence-electron chi connectivity index (χ4n) is 2.56. The Bertz CT molecular complexity index is 661. The molecule has 0 aliphatic carbocycles. The number of carboxylic acid groups (broad SMARTS) is 1. The number of hydrogen-bond donors (Lipinski definition) is 5. The van der Waals surface area contributed by atoms with Gasteiger partial charge in [-0.25, -0.2) is 4.79 Å². The van der Waals surface area contributed by atoms with Crippen LogP contribution < -0.4 is 14.2 Å². The summed E-state index contributed by atoms with van der Waals surface area (Å²) in [5.41, 5.74) is 0.451. The minimum Gasteiger partial charge on any atom is -0.493 e. The Morgan fingerprint density at radius 1 is 1.11 bits per heavy atom. The van der Waals surface area contributed by atoms with Crippen LogP contribution in [0.25, 0.3) is 6.08 Å². The zero-order valence-electron chi connectivity index (χ0n) is 14.7. The molecule has 1 aromatic carbocycles. The van der Waals surface area contributed by atoms with Gasteiger partial charge in [0.05, 0.1) is 20.8 Å². The van der Waals surface area contributed by atoms with Crippen molar-refractivity contribution < 1.29 is 49.3 Å². The van der Waals surface area contributed by atoms with Crippen molar-refractivity contribution in [3.05, 3.63) is 23.8 Å². The second kappa shape index (κ2) is 9.02. The van der Waals surface area contributed by atoms with Crippen LogP contribution in [-0.2, 0) is 9.53 Å². The molecule has 10 heteroatoms. The summed E-state index contributed by atoms with van der Waals surface area (Å²) in [4.78, 5) is 10.7. The molecule has 150 valence electrons. The summed E-state index contributed by atoms with van der Waals surface area (Å²) >= 11 is 0. The average molecular weight is 386 g/mol. The van der Waals surface area contributed by atoms with Gasteiger partial charge in [-0.3, -0.25) is 0 Å². The van der Waals surface area contributed by atoms with Crippen LogP contribution in [0.15, 0.2) is 18.2 Å². The number of benzene rings is 1. The maximum atomic E-state index is 10.7. The molecule has 0 radical (unpaired) electrons. The van der Waals surface area contributed by atoms with Crippen molar-refractivity contribution in [3.8, 4) is 17.2 Å². The number of ether oxygens (including phenoxy) is 4. The minimum absolute atomic E-state index is 0.0248. The van der Waals surface area contributed by atoms with Crippen molar-refractivity contribution in [2.24, 2.45) is 0 Å². The van der Waals surface area contributed by atoms with E-state index >= 15 is 0 Å². The zero-order valence-corrected chi connectivity index (χ0v) is 14.7. The summed E-state index contributed by atoms with van der Waals surface area (Å²) in [5, 5.41) is 47.8. The van der Waals surface area contributed by atoms with Crippen molar-refractivity contribution in [2.75, 3.05) is 20.8 Å². The van der Waals surface area contributed by atoms with E-state index in [9.17, 15) is 25.2 Å². The monoisotopic (exact) mass is 386 g/mol. The Morgan fingerprint density at radius 2 is 1.70 bits per heavy atom. The summed E-state index contributed by atoms with van der Waals surface area (Å²) in [5.74, 6) is -0.806. The Hall–Kier alpha value is -2.37. The lowest BCUT2D eigenvalue weighted by atomic mass is 9.99. The van der Waals surface area contributed by atoms with E-state index in [0.717, 1.165) is 6.08 Å². The van der Waals surface area contributed by atoms with Gasteiger partial charge < -0.3 is 44.5 Å². The van der Waals surface area contributed by atoms with Crippen LogP contribution >= 0.6 is 0 Å². The van der Waals surface area contributed by atoms with Crippen LogP contribution in [0, 0.1) is 0 Å². The van der Waals surface area contributed by atoms with Crippen molar-refractivity contribution in [2.45, 2.75) is 30.7 Å². The van der Waals surface area contributed by atoms with Gasteiger partial charge in [-0.05, 0) is 23.8 Å². The van der Waals surface area contributed by atoms with Crippen molar-refractivity contribution in [3.63, 3.8) is 0 Å². The first-order valence-electron chi connectivity index (χ1n) is 7.96. The number of carbonyl (C=O) groups is 1. The lowest BCUT2D eigenvalue weighted by molar-refractivity contribution is -0.277. The molecule has 10 nitrogen and oxygen atoms in total. The predicted octanol–water partition coefficient (Wildman–Crippen LogP) is -1.02. The highest BCUT2D eigenvalue weighted by atomic mass is 16.7. The van der Waals surface area contributed by atoms with Gasteiger partial charge in [-0.1, -0.05) is 0 Å². The number of aliphatic carboxylic acids is 1. The van der Waals surface area contributed by atoms with Crippen molar-refractivity contribution in [1.29, 1.82) is 0 Å². The van der Waals surface area contributed by atoms with E-state index in [4.69, 9.17) is 24.1 Å². The maximum absolute atomic E-state index is 10.7. The van der Waals surface area contributed by atoms with E-state index in [0.29, 0.717) is 5.56 Å². The summed E-state index contributed by atoms with van der Waals surface area (Å²) in [6, 6.07) is 2.95. The standard InChI is InChI=1S/C17H22O10/c1-24-9-5-8(3-4-12(19)20)6-10(25-2)16(9)27-17-15(23)14(22)13(21)11(7-18)26-17/h3-6,11,13-15,17-18,21-23H,7H2,1-2H3,(H,19,20)/b4-3+/t11-,13-,14+,15-,17+/m1/s1. The number of hydrogen-bond acceptors (Lipinski definition) is 9. The maximum Gasteiger partial charge on any atom is 0.328 e. The number of aliphatic hydroxyl groups is 4. The molecule has 1 aromatic rings. The second-order valence-electron chi connectivity index (χ2n) is 5.74.